The lowest BCUT2D eigenvalue weighted by atomic mass is 9.96. The van der Waals surface area contributed by atoms with Crippen molar-refractivity contribution >= 4 is 11.6 Å². The van der Waals surface area contributed by atoms with Crippen molar-refractivity contribution in [3.63, 3.8) is 0 Å². The van der Waals surface area contributed by atoms with Crippen molar-refractivity contribution < 1.29 is 9.13 Å². The third-order valence-electron chi connectivity index (χ3n) is 3.88. The number of halogens is 2. The second-order valence-corrected chi connectivity index (χ2v) is 5.65. The van der Waals surface area contributed by atoms with E-state index in [2.05, 4.69) is 5.32 Å². The number of likely N-dealkylation sites (N-methyl/N-ethyl adjacent to an activating group) is 1. The lowest BCUT2D eigenvalue weighted by Crippen LogP contribution is -2.20. The Bertz CT molecular complexity index is 659. The molecule has 0 fully saturated rings. The summed E-state index contributed by atoms with van der Waals surface area (Å²) in [5.41, 5.74) is 2.82. The average Bonchev–Trinajstić information content (AvgIpc) is 2.93. The lowest BCUT2D eigenvalue weighted by molar-refractivity contribution is 0.351. The first-order chi connectivity index (χ1) is 10.2. The number of fused-ring (bicyclic) bond motifs is 1. The monoisotopic (exact) mass is 305 g/mol. The molecule has 1 unspecified atom stereocenters. The minimum atomic E-state index is -0.198. The highest BCUT2D eigenvalue weighted by Crippen LogP contribution is 2.35. The minimum absolute atomic E-state index is 0.113. The van der Waals surface area contributed by atoms with Gasteiger partial charge in [-0.05, 0) is 42.8 Å². The van der Waals surface area contributed by atoms with Crippen molar-refractivity contribution in [2.45, 2.75) is 18.9 Å². The van der Waals surface area contributed by atoms with Crippen molar-refractivity contribution in [1.82, 2.24) is 5.32 Å². The van der Waals surface area contributed by atoms with Crippen LogP contribution in [0.5, 0.6) is 5.75 Å². The van der Waals surface area contributed by atoms with Crippen LogP contribution < -0.4 is 10.1 Å². The van der Waals surface area contributed by atoms with Crippen molar-refractivity contribution in [2.75, 3.05) is 13.7 Å². The molecule has 1 N–H and O–H groups in total. The van der Waals surface area contributed by atoms with E-state index in [0.717, 1.165) is 23.3 Å². The summed E-state index contributed by atoms with van der Waals surface area (Å²) in [6, 6.07) is 10.6. The summed E-state index contributed by atoms with van der Waals surface area (Å²) >= 11 is 6.18. The molecule has 1 heterocycles. The molecule has 1 aliphatic rings. The highest BCUT2D eigenvalue weighted by Gasteiger charge is 2.21. The molecular weight excluding hydrogens is 289 g/mol. The van der Waals surface area contributed by atoms with Gasteiger partial charge in [0, 0.05) is 23.0 Å². The van der Waals surface area contributed by atoms with Crippen molar-refractivity contribution in [3.8, 4) is 5.75 Å². The Morgan fingerprint density at radius 1 is 1.33 bits per heavy atom. The van der Waals surface area contributed by atoms with Crippen LogP contribution in [0.15, 0.2) is 36.4 Å². The van der Waals surface area contributed by atoms with Crippen molar-refractivity contribution in [1.29, 1.82) is 0 Å². The molecule has 0 aromatic heterocycles. The zero-order chi connectivity index (χ0) is 14.8. The van der Waals surface area contributed by atoms with Gasteiger partial charge in [-0.25, -0.2) is 4.39 Å². The van der Waals surface area contributed by atoms with E-state index in [4.69, 9.17) is 16.3 Å². The van der Waals surface area contributed by atoms with E-state index in [1.165, 1.54) is 6.07 Å². The van der Waals surface area contributed by atoms with Crippen LogP contribution >= 0.6 is 11.6 Å². The van der Waals surface area contributed by atoms with E-state index in [1.807, 2.05) is 31.3 Å². The van der Waals surface area contributed by atoms with Gasteiger partial charge >= 0.3 is 0 Å². The molecule has 0 bridgehead atoms. The van der Waals surface area contributed by atoms with Crippen molar-refractivity contribution in [3.05, 3.63) is 63.9 Å². The van der Waals surface area contributed by atoms with E-state index >= 15 is 0 Å². The smallest absolute Gasteiger partial charge is 0.127 e. The highest BCUT2D eigenvalue weighted by atomic mass is 35.5. The predicted molar refractivity (Wildman–Crippen MR) is 82.6 cm³/mol. The molecule has 0 saturated heterocycles. The largest absolute Gasteiger partial charge is 0.493 e. The van der Waals surface area contributed by atoms with E-state index in [-0.39, 0.29) is 11.9 Å². The molecule has 21 heavy (non-hydrogen) atoms. The van der Waals surface area contributed by atoms with Crippen LogP contribution in [0.3, 0.4) is 0 Å². The first-order valence-electron chi connectivity index (χ1n) is 7.05. The Balaban J connectivity index is 1.94. The quantitative estimate of drug-likeness (QED) is 0.924. The third-order valence-corrected chi connectivity index (χ3v) is 4.10. The molecule has 0 spiro atoms. The fourth-order valence-corrected chi connectivity index (χ4v) is 3.11. The van der Waals surface area contributed by atoms with Gasteiger partial charge in [-0.3, -0.25) is 0 Å². The Morgan fingerprint density at radius 3 is 2.90 bits per heavy atom. The fourth-order valence-electron chi connectivity index (χ4n) is 2.84. The van der Waals surface area contributed by atoms with Crippen LogP contribution in [-0.4, -0.2) is 13.7 Å². The minimum Gasteiger partial charge on any atom is -0.493 e. The summed E-state index contributed by atoms with van der Waals surface area (Å²) in [5, 5.41) is 3.89. The van der Waals surface area contributed by atoms with Crippen LogP contribution in [0.2, 0.25) is 5.02 Å². The number of benzene rings is 2. The Kier molecular flexibility index (Phi) is 4.13. The summed E-state index contributed by atoms with van der Waals surface area (Å²) in [6.07, 6.45) is 1.52. The average molecular weight is 306 g/mol. The zero-order valence-corrected chi connectivity index (χ0v) is 12.6. The predicted octanol–water partition coefficient (Wildman–Crippen LogP) is 3.92. The highest BCUT2D eigenvalue weighted by molar-refractivity contribution is 6.30. The SMILES string of the molecule is CNC(Cc1cc(Cl)cc2c1OCC2)c1ccccc1F. The van der Waals surface area contributed by atoms with Crippen LogP contribution in [0, 0.1) is 5.82 Å². The van der Waals surface area contributed by atoms with Gasteiger partial charge in [-0.15, -0.1) is 0 Å². The summed E-state index contributed by atoms with van der Waals surface area (Å²) in [5.74, 6) is 0.715. The Morgan fingerprint density at radius 2 is 2.14 bits per heavy atom. The topological polar surface area (TPSA) is 21.3 Å². The maximum absolute atomic E-state index is 14.0. The molecule has 2 aromatic rings. The molecule has 4 heteroatoms. The second kappa shape index (κ2) is 6.04. The first kappa shape index (κ1) is 14.4. The van der Waals surface area contributed by atoms with Crippen LogP contribution in [-0.2, 0) is 12.8 Å². The third kappa shape index (κ3) is 2.89. The van der Waals surface area contributed by atoms with E-state index in [0.29, 0.717) is 23.6 Å². The standard InChI is InChI=1S/C17H17ClFNO/c1-20-16(14-4-2-3-5-15(14)19)10-12-9-13(18)8-11-6-7-21-17(11)12/h2-5,8-9,16,20H,6-7,10H2,1H3. The molecule has 3 rings (SSSR count). The molecule has 110 valence electrons. The fraction of sp³-hybridized carbons (Fsp3) is 0.294. The van der Waals surface area contributed by atoms with Gasteiger partial charge in [0.25, 0.3) is 0 Å². The van der Waals surface area contributed by atoms with Crippen LogP contribution in [0.4, 0.5) is 4.39 Å². The summed E-state index contributed by atoms with van der Waals surface area (Å²) < 4.78 is 19.7. The summed E-state index contributed by atoms with van der Waals surface area (Å²) in [6.45, 7) is 0.687. The molecule has 1 atom stereocenters. The zero-order valence-electron chi connectivity index (χ0n) is 11.8. The molecule has 1 aliphatic heterocycles. The maximum Gasteiger partial charge on any atom is 0.127 e. The van der Waals surface area contributed by atoms with Crippen LogP contribution in [0.1, 0.15) is 22.7 Å². The van der Waals surface area contributed by atoms with Crippen molar-refractivity contribution in [2.24, 2.45) is 0 Å². The van der Waals surface area contributed by atoms with E-state index < -0.39 is 0 Å². The molecule has 2 aromatic carbocycles. The molecule has 2 nitrogen and oxygen atoms in total. The van der Waals surface area contributed by atoms with Gasteiger partial charge in [0.15, 0.2) is 0 Å². The maximum atomic E-state index is 14.0. The molecule has 0 radical (unpaired) electrons. The first-order valence-corrected chi connectivity index (χ1v) is 7.42. The molecular formula is C17H17ClFNO. The van der Waals surface area contributed by atoms with E-state index in [9.17, 15) is 4.39 Å². The molecule has 0 amide bonds. The van der Waals surface area contributed by atoms with E-state index in [1.54, 1.807) is 6.07 Å². The summed E-state index contributed by atoms with van der Waals surface area (Å²) in [7, 11) is 1.84. The number of ether oxygens (including phenoxy) is 1. The van der Waals surface area contributed by atoms with Gasteiger partial charge in [0.2, 0.25) is 0 Å². The Labute approximate surface area is 128 Å². The number of hydrogen-bond donors (Lipinski definition) is 1. The number of hydrogen-bond acceptors (Lipinski definition) is 2. The van der Waals surface area contributed by atoms with Crippen LogP contribution in [0.25, 0.3) is 0 Å². The van der Waals surface area contributed by atoms with Gasteiger partial charge in [0.1, 0.15) is 11.6 Å². The van der Waals surface area contributed by atoms with Gasteiger partial charge in [-0.2, -0.15) is 0 Å². The second-order valence-electron chi connectivity index (χ2n) is 5.22. The number of nitrogens with one attached hydrogen (secondary N) is 1. The normalized spacial score (nSPS) is 14.6. The summed E-state index contributed by atoms with van der Waals surface area (Å²) in [4.78, 5) is 0. The molecule has 0 aliphatic carbocycles. The van der Waals surface area contributed by atoms with Gasteiger partial charge < -0.3 is 10.1 Å². The Hall–Kier alpha value is -1.58. The van der Waals surface area contributed by atoms with Gasteiger partial charge in [-0.1, -0.05) is 29.8 Å². The molecule has 0 saturated carbocycles. The lowest BCUT2D eigenvalue weighted by Gasteiger charge is -2.19. The van der Waals surface area contributed by atoms with Gasteiger partial charge in [0.05, 0.1) is 6.61 Å². The number of rotatable bonds is 4.